The molecule has 23 heavy (non-hydrogen) atoms. The highest BCUT2D eigenvalue weighted by Gasteiger charge is 2.48. The summed E-state index contributed by atoms with van der Waals surface area (Å²) in [5, 5.41) is 0. The Kier molecular flexibility index (Phi) is 6.54. The van der Waals surface area contributed by atoms with Gasteiger partial charge in [-0.05, 0) is 0 Å². The van der Waals surface area contributed by atoms with E-state index in [0.717, 1.165) is 12.5 Å². The Bertz CT molecular complexity index is 708. The van der Waals surface area contributed by atoms with Crippen molar-refractivity contribution in [2.24, 2.45) is 0 Å². The van der Waals surface area contributed by atoms with E-state index in [-0.39, 0.29) is 0 Å². The summed E-state index contributed by atoms with van der Waals surface area (Å²) in [6, 6.07) is 0. The maximum atomic E-state index is 11.4. The van der Waals surface area contributed by atoms with E-state index in [1.807, 2.05) is 0 Å². The molecule has 0 aliphatic carbocycles. The summed E-state index contributed by atoms with van der Waals surface area (Å²) in [6.07, 6.45) is -3.80. The van der Waals surface area contributed by atoms with Gasteiger partial charge < -0.3 is 9.47 Å². The van der Waals surface area contributed by atoms with Crippen LogP contribution in [0.1, 0.15) is 0 Å². The largest absolute Gasteiger partial charge is 0.353 e. The van der Waals surface area contributed by atoms with Crippen LogP contribution in [0.25, 0.3) is 0 Å². The molecule has 0 N–H and O–H groups in total. The highest BCUT2D eigenvalue weighted by molar-refractivity contribution is 7.86. The van der Waals surface area contributed by atoms with Gasteiger partial charge in [0.25, 0.3) is 30.4 Å². The first-order valence-electron chi connectivity index (χ1n) is 6.01. The average molecular weight is 398 g/mol. The van der Waals surface area contributed by atoms with E-state index in [4.69, 9.17) is 22.0 Å². The number of hydrogen-bond acceptors (Lipinski definition) is 11. The molecule has 0 saturated carbocycles. The molecule has 0 bridgehead atoms. The Morgan fingerprint density at radius 3 is 1.61 bits per heavy atom. The van der Waals surface area contributed by atoms with Gasteiger partial charge >= 0.3 is 0 Å². The molecule has 1 aliphatic heterocycles. The Hall–Kier alpha value is -0.350. The first kappa shape index (κ1) is 20.7. The van der Waals surface area contributed by atoms with Crippen molar-refractivity contribution >= 4 is 30.4 Å². The Morgan fingerprint density at radius 2 is 1.22 bits per heavy atom. The third-order valence-electron chi connectivity index (χ3n) is 2.49. The highest BCUT2D eigenvalue weighted by atomic mass is 32.2. The van der Waals surface area contributed by atoms with Crippen LogP contribution >= 0.6 is 0 Å². The molecule has 14 heteroatoms. The first-order chi connectivity index (χ1) is 10.2. The van der Waals surface area contributed by atoms with Crippen molar-refractivity contribution in [2.45, 2.75) is 24.6 Å². The van der Waals surface area contributed by atoms with E-state index >= 15 is 0 Å². The van der Waals surface area contributed by atoms with Crippen LogP contribution in [0.3, 0.4) is 0 Å². The number of hydrogen-bond donors (Lipinski definition) is 0. The molecule has 0 aromatic carbocycles. The van der Waals surface area contributed by atoms with Gasteiger partial charge in [0, 0.05) is 7.11 Å². The summed E-state index contributed by atoms with van der Waals surface area (Å²) < 4.78 is 92.3. The summed E-state index contributed by atoms with van der Waals surface area (Å²) in [4.78, 5) is 0. The predicted octanol–water partition coefficient (Wildman–Crippen LogP) is -1.98. The van der Waals surface area contributed by atoms with Gasteiger partial charge in [-0.15, -0.1) is 0 Å². The van der Waals surface area contributed by atoms with Gasteiger partial charge in [-0.1, -0.05) is 0 Å². The van der Waals surface area contributed by atoms with Crippen molar-refractivity contribution in [3.05, 3.63) is 0 Å². The van der Waals surface area contributed by atoms with Crippen LogP contribution in [0.15, 0.2) is 0 Å². The zero-order valence-corrected chi connectivity index (χ0v) is 15.2. The fourth-order valence-electron chi connectivity index (χ4n) is 1.88. The molecule has 138 valence electrons. The Balaban J connectivity index is 3.23. The third kappa shape index (κ3) is 7.38. The molecule has 0 spiro atoms. The van der Waals surface area contributed by atoms with Crippen LogP contribution in [-0.2, 0) is 52.4 Å². The molecule has 4 atom stereocenters. The topological polar surface area (TPSA) is 149 Å². The average Bonchev–Trinajstić information content (AvgIpc) is 2.28. The van der Waals surface area contributed by atoms with Crippen molar-refractivity contribution in [1.82, 2.24) is 0 Å². The van der Waals surface area contributed by atoms with Crippen molar-refractivity contribution in [2.75, 3.05) is 32.5 Å². The van der Waals surface area contributed by atoms with Gasteiger partial charge in [-0.2, -0.15) is 25.3 Å². The van der Waals surface area contributed by atoms with Crippen molar-refractivity contribution in [3.63, 3.8) is 0 Å². The Morgan fingerprint density at radius 1 is 0.783 bits per heavy atom. The highest BCUT2D eigenvalue weighted by Crippen LogP contribution is 2.27. The monoisotopic (exact) mass is 398 g/mol. The smallest absolute Gasteiger partial charge is 0.264 e. The van der Waals surface area contributed by atoms with Gasteiger partial charge in [-0.25, -0.2) is 0 Å². The standard InChI is InChI=1S/C9H18O11S3/c1-16-9-8(20-23(4,14)15)7(19-22(3,12)13)6(5-17-9)18-21(2,10)11/h6-9H,5H2,1-4H3/t6-,7-,8+,9-/m1/s1. The number of ether oxygens (including phenoxy) is 2. The molecule has 0 unspecified atom stereocenters. The zero-order valence-electron chi connectivity index (χ0n) is 12.7. The maximum absolute atomic E-state index is 11.4. The van der Waals surface area contributed by atoms with Crippen LogP contribution in [0.2, 0.25) is 0 Å². The fraction of sp³-hybridized carbons (Fsp3) is 1.00. The second kappa shape index (κ2) is 7.26. The maximum Gasteiger partial charge on any atom is 0.264 e. The summed E-state index contributed by atoms with van der Waals surface area (Å²) in [5.74, 6) is 0. The number of methoxy groups -OCH3 is 1. The molecule has 11 nitrogen and oxygen atoms in total. The SMILES string of the molecule is CO[C@@H]1OC[C@@H](OS(C)(=O)=O)[C@@H](OS(C)(=O)=O)[C@@H]1OS(C)(=O)=O. The van der Waals surface area contributed by atoms with Crippen LogP contribution in [0, 0.1) is 0 Å². The summed E-state index contributed by atoms with van der Waals surface area (Å²) in [6.45, 7) is -0.421. The molecular formula is C9H18O11S3. The quantitative estimate of drug-likeness (QED) is 0.439. The molecular weight excluding hydrogens is 380 g/mol. The van der Waals surface area contributed by atoms with Crippen LogP contribution in [0.5, 0.6) is 0 Å². The molecule has 0 amide bonds. The summed E-state index contributed by atoms with van der Waals surface area (Å²) in [7, 11) is -11.0. The van der Waals surface area contributed by atoms with Gasteiger partial charge in [-0.3, -0.25) is 12.5 Å². The molecule has 1 rings (SSSR count). The van der Waals surface area contributed by atoms with Crippen molar-refractivity contribution in [3.8, 4) is 0 Å². The molecule has 0 aromatic rings. The van der Waals surface area contributed by atoms with Gasteiger partial charge in [0.15, 0.2) is 12.4 Å². The molecule has 1 fully saturated rings. The second-order valence-electron chi connectivity index (χ2n) is 4.81. The van der Waals surface area contributed by atoms with E-state index in [0.29, 0.717) is 6.26 Å². The first-order valence-corrected chi connectivity index (χ1v) is 11.5. The second-order valence-corrected chi connectivity index (χ2v) is 9.61. The van der Waals surface area contributed by atoms with E-state index in [1.54, 1.807) is 0 Å². The lowest BCUT2D eigenvalue weighted by Gasteiger charge is -2.39. The fourth-order valence-corrected chi connectivity index (χ4v) is 3.73. The minimum Gasteiger partial charge on any atom is -0.353 e. The van der Waals surface area contributed by atoms with Crippen LogP contribution in [0.4, 0.5) is 0 Å². The Labute approximate surface area is 135 Å². The lowest BCUT2D eigenvalue weighted by molar-refractivity contribution is -0.243. The van der Waals surface area contributed by atoms with Crippen molar-refractivity contribution < 1.29 is 47.3 Å². The third-order valence-corrected chi connectivity index (χ3v) is 4.23. The normalized spacial score (nSPS) is 30.3. The van der Waals surface area contributed by atoms with Crippen LogP contribution < -0.4 is 0 Å². The molecule has 1 aliphatic rings. The minimum absolute atomic E-state index is 0.421. The van der Waals surface area contributed by atoms with E-state index in [2.05, 4.69) is 0 Å². The van der Waals surface area contributed by atoms with Gasteiger partial charge in [0.2, 0.25) is 0 Å². The molecule has 0 aromatic heterocycles. The lowest BCUT2D eigenvalue weighted by Crippen LogP contribution is -2.57. The zero-order chi connectivity index (χ0) is 18.1. The predicted molar refractivity (Wildman–Crippen MR) is 75.9 cm³/mol. The number of rotatable bonds is 7. The molecule has 0 radical (unpaired) electrons. The van der Waals surface area contributed by atoms with Gasteiger partial charge in [0.1, 0.15) is 12.2 Å². The van der Waals surface area contributed by atoms with E-state index in [1.165, 1.54) is 7.11 Å². The summed E-state index contributed by atoms with van der Waals surface area (Å²) in [5.41, 5.74) is 0. The van der Waals surface area contributed by atoms with Crippen molar-refractivity contribution in [1.29, 1.82) is 0 Å². The summed E-state index contributed by atoms with van der Waals surface area (Å²) >= 11 is 0. The van der Waals surface area contributed by atoms with Gasteiger partial charge in [0.05, 0.1) is 25.4 Å². The van der Waals surface area contributed by atoms with E-state index < -0.39 is 61.6 Å². The molecule has 1 saturated heterocycles. The molecule has 1 heterocycles. The van der Waals surface area contributed by atoms with E-state index in [9.17, 15) is 25.3 Å². The lowest BCUT2D eigenvalue weighted by atomic mass is 10.1. The van der Waals surface area contributed by atoms with Crippen LogP contribution in [-0.4, -0.2) is 82.3 Å². The minimum atomic E-state index is -4.09.